The molecule has 7 heteroatoms. The average Bonchev–Trinajstić information content (AvgIpc) is 2.61. The Balaban J connectivity index is 1.99. The second-order valence-corrected chi connectivity index (χ2v) is 5.82. The first-order valence-corrected chi connectivity index (χ1v) is 8.06. The zero-order valence-electron chi connectivity index (χ0n) is 13.9. The number of amides is 1. The smallest absolute Gasteiger partial charge is 0.338 e. The second-order valence-electron chi connectivity index (χ2n) is 5.38. The minimum absolute atomic E-state index is 0.231. The molecule has 0 aliphatic rings. The summed E-state index contributed by atoms with van der Waals surface area (Å²) >= 11 is 5.86. The van der Waals surface area contributed by atoms with Crippen molar-refractivity contribution >= 4 is 34.9 Å². The quantitative estimate of drug-likeness (QED) is 0.618. The first-order valence-electron chi connectivity index (χ1n) is 7.68. The van der Waals surface area contributed by atoms with Crippen molar-refractivity contribution in [3.63, 3.8) is 0 Å². The van der Waals surface area contributed by atoms with Crippen molar-refractivity contribution < 1.29 is 19.1 Å². The molecule has 0 heterocycles. The number of ketones is 1. The maximum absolute atomic E-state index is 12.3. The van der Waals surface area contributed by atoms with Crippen LogP contribution in [0.15, 0.2) is 48.5 Å². The molecule has 0 aliphatic heterocycles. The summed E-state index contributed by atoms with van der Waals surface area (Å²) < 4.78 is 5.19. The van der Waals surface area contributed by atoms with Gasteiger partial charge in [0.15, 0.2) is 6.10 Å². The molecule has 2 aromatic rings. The molecule has 1 atom stereocenters. The number of ether oxygens (including phenoxy) is 1. The molecule has 2 rings (SSSR count). The fourth-order valence-corrected chi connectivity index (χ4v) is 2.32. The molecular formula is C19H15ClN2O4. The van der Waals surface area contributed by atoms with E-state index in [1.807, 2.05) is 0 Å². The minimum atomic E-state index is -0.976. The zero-order valence-corrected chi connectivity index (χ0v) is 14.6. The number of nitrogens with zero attached hydrogens (tertiary/aromatic N) is 1. The van der Waals surface area contributed by atoms with E-state index in [-0.39, 0.29) is 17.8 Å². The molecule has 6 nitrogen and oxygen atoms in total. The number of carbonyl (C=O) groups excluding carboxylic acids is 3. The van der Waals surface area contributed by atoms with E-state index in [2.05, 4.69) is 5.32 Å². The topological polar surface area (TPSA) is 96.3 Å². The van der Waals surface area contributed by atoms with Crippen molar-refractivity contribution in [2.24, 2.45) is 0 Å². The van der Waals surface area contributed by atoms with E-state index in [0.29, 0.717) is 16.3 Å². The van der Waals surface area contributed by atoms with E-state index in [1.165, 1.54) is 37.3 Å². The first kappa shape index (κ1) is 19.2. The lowest BCUT2D eigenvalue weighted by Gasteiger charge is -2.13. The van der Waals surface area contributed by atoms with E-state index >= 15 is 0 Å². The van der Waals surface area contributed by atoms with E-state index in [4.69, 9.17) is 21.6 Å². The molecule has 0 fully saturated rings. The molecular weight excluding hydrogens is 356 g/mol. The standard InChI is InChI=1S/C19H15ClN2O4/c1-12(18(24)14-3-2-4-15(20)11-14)26-19(25)13-5-7-16(8-6-13)22-17(23)9-10-21/h2-8,11-12H,9H2,1H3,(H,22,23). The van der Waals surface area contributed by atoms with E-state index < -0.39 is 18.0 Å². The molecule has 132 valence electrons. The third-order valence-corrected chi connectivity index (χ3v) is 3.64. The van der Waals surface area contributed by atoms with Crippen LogP contribution in [0.5, 0.6) is 0 Å². The van der Waals surface area contributed by atoms with Gasteiger partial charge in [-0.3, -0.25) is 9.59 Å². The van der Waals surface area contributed by atoms with Gasteiger partial charge >= 0.3 is 5.97 Å². The maximum atomic E-state index is 12.3. The molecule has 0 saturated heterocycles. The minimum Gasteiger partial charge on any atom is -0.451 e. The predicted octanol–water partition coefficient (Wildman–Crippen LogP) is 3.62. The average molecular weight is 371 g/mol. The highest BCUT2D eigenvalue weighted by atomic mass is 35.5. The maximum Gasteiger partial charge on any atom is 0.338 e. The number of hydrogen-bond acceptors (Lipinski definition) is 5. The Morgan fingerprint density at radius 3 is 2.46 bits per heavy atom. The van der Waals surface area contributed by atoms with Crippen LogP contribution < -0.4 is 5.32 Å². The zero-order chi connectivity index (χ0) is 19.1. The normalized spacial score (nSPS) is 11.1. The summed E-state index contributed by atoms with van der Waals surface area (Å²) in [6, 6.07) is 14.1. The highest BCUT2D eigenvalue weighted by Crippen LogP contribution is 2.15. The fraction of sp³-hybridized carbons (Fsp3) is 0.158. The molecule has 0 radical (unpaired) electrons. The van der Waals surface area contributed by atoms with Crippen LogP contribution in [0.3, 0.4) is 0 Å². The Morgan fingerprint density at radius 1 is 1.15 bits per heavy atom. The molecule has 0 aromatic heterocycles. The predicted molar refractivity (Wildman–Crippen MR) is 96.0 cm³/mol. The van der Waals surface area contributed by atoms with Crippen LogP contribution in [-0.2, 0) is 9.53 Å². The van der Waals surface area contributed by atoms with E-state index in [0.717, 1.165) is 0 Å². The molecule has 26 heavy (non-hydrogen) atoms. The molecule has 0 bridgehead atoms. The summed E-state index contributed by atoms with van der Waals surface area (Å²) in [5.41, 5.74) is 1.03. The first-order chi connectivity index (χ1) is 12.4. The number of anilines is 1. The monoisotopic (exact) mass is 370 g/mol. The number of Topliss-reactive ketones (excluding diaryl/α,β-unsaturated/α-hetero) is 1. The SMILES string of the molecule is CC(OC(=O)c1ccc(NC(=O)CC#N)cc1)C(=O)c1cccc(Cl)c1. The van der Waals surface area contributed by atoms with Gasteiger partial charge in [-0.05, 0) is 43.3 Å². The van der Waals surface area contributed by atoms with Gasteiger partial charge in [0, 0.05) is 16.3 Å². The summed E-state index contributed by atoms with van der Waals surface area (Å²) in [7, 11) is 0. The van der Waals surface area contributed by atoms with Crippen molar-refractivity contribution in [1.82, 2.24) is 0 Å². The third-order valence-electron chi connectivity index (χ3n) is 3.41. The Bertz CT molecular complexity index is 872. The highest BCUT2D eigenvalue weighted by molar-refractivity contribution is 6.31. The van der Waals surface area contributed by atoms with E-state index in [1.54, 1.807) is 24.3 Å². The lowest BCUT2D eigenvalue weighted by molar-refractivity contribution is -0.115. The number of halogens is 1. The molecule has 0 spiro atoms. The van der Waals surface area contributed by atoms with Gasteiger partial charge in [-0.15, -0.1) is 0 Å². The van der Waals surface area contributed by atoms with Gasteiger partial charge in [0.05, 0.1) is 11.6 Å². The van der Waals surface area contributed by atoms with Crippen molar-refractivity contribution in [3.8, 4) is 6.07 Å². The Hall–Kier alpha value is -3.17. The van der Waals surface area contributed by atoms with Crippen molar-refractivity contribution in [2.45, 2.75) is 19.4 Å². The molecule has 2 aromatic carbocycles. The largest absolute Gasteiger partial charge is 0.451 e. The summed E-state index contributed by atoms with van der Waals surface area (Å²) in [5, 5.41) is 11.4. The van der Waals surface area contributed by atoms with Gasteiger partial charge in [-0.25, -0.2) is 4.79 Å². The number of rotatable bonds is 6. The number of nitrogens with one attached hydrogen (secondary N) is 1. The summed E-state index contributed by atoms with van der Waals surface area (Å²) in [6.07, 6.45) is -1.23. The lowest BCUT2D eigenvalue weighted by Crippen LogP contribution is -2.24. The third kappa shape index (κ3) is 5.16. The highest BCUT2D eigenvalue weighted by Gasteiger charge is 2.20. The number of benzene rings is 2. The fourth-order valence-electron chi connectivity index (χ4n) is 2.13. The van der Waals surface area contributed by atoms with Gasteiger partial charge in [0.2, 0.25) is 11.7 Å². The molecule has 1 N–H and O–H groups in total. The van der Waals surface area contributed by atoms with Gasteiger partial charge in [-0.2, -0.15) is 5.26 Å². The Morgan fingerprint density at radius 2 is 1.85 bits per heavy atom. The van der Waals surface area contributed by atoms with Crippen LogP contribution in [-0.4, -0.2) is 23.8 Å². The van der Waals surface area contributed by atoms with Crippen LogP contribution in [0.2, 0.25) is 5.02 Å². The Kier molecular flexibility index (Phi) is 6.48. The van der Waals surface area contributed by atoms with Gasteiger partial charge < -0.3 is 10.1 Å². The number of esters is 1. The molecule has 1 amide bonds. The van der Waals surface area contributed by atoms with Crippen LogP contribution in [0.4, 0.5) is 5.69 Å². The summed E-state index contributed by atoms with van der Waals surface area (Å²) in [6.45, 7) is 1.48. The van der Waals surface area contributed by atoms with Crippen LogP contribution in [0.25, 0.3) is 0 Å². The van der Waals surface area contributed by atoms with Crippen molar-refractivity contribution in [3.05, 3.63) is 64.7 Å². The Labute approximate surface area is 155 Å². The van der Waals surface area contributed by atoms with Crippen LogP contribution in [0.1, 0.15) is 34.1 Å². The second kappa shape index (κ2) is 8.79. The number of carbonyl (C=O) groups is 3. The van der Waals surface area contributed by atoms with Crippen LogP contribution in [0, 0.1) is 11.3 Å². The van der Waals surface area contributed by atoms with E-state index in [9.17, 15) is 14.4 Å². The molecule has 0 saturated carbocycles. The van der Waals surface area contributed by atoms with Crippen molar-refractivity contribution in [1.29, 1.82) is 5.26 Å². The summed E-state index contributed by atoms with van der Waals surface area (Å²) in [5.74, 6) is -1.47. The van der Waals surface area contributed by atoms with Crippen molar-refractivity contribution in [2.75, 3.05) is 5.32 Å². The van der Waals surface area contributed by atoms with Gasteiger partial charge in [0.25, 0.3) is 0 Å². The molecule has 0 aliphatic carbocycles. The van der Waals surface area contributed by atoms with Gasteiger partial charge in [0.1, 0.15) is 6.42 Å². The lowest BCUT2D eigenvalue weighted by atomic mass is 10.1. The van der Waals surface area contributed by atoms with Gasteiger partial charge in [-0.1, -0.05) is 23.7 Å². The molecule has 1 unspecified atom stereocenters. The number of hydrogen-bond donors (Lipinski definition) is 1. The van der Waals surface area contributed by atoms with Crippen LogP contribution >= 0.6 is 11.6 Å². The summed E-state index contributed by atoms with van der Waals surface area (Å²) in [4.78, 5) is 35.8. The number of nitriles is 1.